The van der Waals surface area contributed by atoms with E-state index in [2.05, 4.69) is 35.7 Å². The lowest BCUT2D eigenvalue weighted by Crippen LogP contribution is -2.31. The van der Waals surface area contributed by atoms with E-state index >= 15 is 0 Å². The number of nitrogens with one attached hydrogen (secondary N) is 2. The smallest absolute Gasteiger partial charge is 0.170 e. The van der Waals surface area contributed by atoms with E-state index in [9.17, 15) is 0 Å². The van der Waals surface area contributed by atoms with Crippen LogP contribution in [0.2, 0.25) is 5.02 Å². The molecule has 2 rings (SSSR count). The molecule has 6 heteroatoms. The molecule has 3 nitrogen and oxygen atoms in total. The summed E-state index contributed by atoms with van der Waals surface area (Å²) >= 11 is 13.0. The zero-order chi connectivity index (χ0) is 17.4. The Bertz CT molecular complexity index is 660. The molecule has 0 unspecified atom stereocenters. The lowest BCUT2D eigenvalue weighted by atomic mass is 10.3. The van der Waals surface area contributed by atoms with Gasteiger partial charge in [0.1, 0.15) is 0 Å². The minimum Gasteiger partial charge on any atom is -0.362 e. The van der Waals surface area contributed by atoms with Crippen LogP contribution in [0, 0.1) is 0 Å². The fourth-order valence-corrected chi connectivity index (χ4v) is 3.29. The second-order valence-corrected chi connectivity index (χ2v) is 7.55. The number of para-hydroxylation sites is 1. The van der Waals surface area contributed by atoms with Crippen molar-refractivity contribution in [1.82, 2.24) is 10.2 Å². The summed E-state index contributed by atoms with van der Waals surface area (Å²) in [5, 5.41) is 7.94. The van der Waals surface area contributed by atoms with Gasteiger partial charge >= 0.3 is 0 Å². The highest BCUT2D eigenvalue weighted by Crippen LogP contribution is 2.33. The summed E-state index contributed by atoms with van der Waals surface area (Å²) in [6, 6.07) is 16.0. The fraction of sp³-hybridized carbons (Fsp3) is 0.278. The van der Waals surface area contributed by atoms with Gasteiger partial charge in [0.15, 0.2) is 5.11 Å². The van der Waals surface area contributed by atoms with Crippen molar-refractivity contribution in [2.45, 2.75) is 16.2 Å². The predicted octanol–water partition coefficient (Wildman–Crippen LogP) is 4.73. The molecule has 0 amide bonds. The molecule has 0 spiro atoms. The zero-order valence-corrected chi connectivity index (χ0v) is 16.3. The molecule has 128 valence electrons. The number of hydrogen-bond donors (Lipinski definition) is 2. The van der Waals surface area contributed by atoms with Gasteiger partial charge in [-0.1, -0.05) is 35.5 Å². The molecule has 0 aliphatic heterocycles. The molecule has 0 atom stereocenters. The van der Waals surface area contributed by atoms with Crippen LogP contribution in [0.15, 0.2) is 58.3 Å². The normalized spacial score (nSPS) is 10.7. The van der Waals surface area contributed by atoms with Gasteiger partial charge in [-0.2, -0.15) is 0 Å². The van der Waals surface area contributed by atoms with Gasteiger partial charge in [0.25, 0.3) is 0 Å². The molecular weight excluding hydrogens is 358 g/mol. The summed E-state index contributed by atoms with van der Waals surface area (Å²) in [7, 11) is 4.14. The quantitative estimate of drug-likeness (QED) is 0.535. The number of thiocarbonyl (C=S) groups is 1. The maximum atomic E-state index is 5.94. The van der Waals surface area contributed by atoms with Gasteiger partial charge in [-0.05, 0) is 75.7 Å². The Kier molecular flexibility index (Phi) is 7.85. The number of nitrogens with zero attached hydrogens (tertiary/aromatic N) is 1. The summed E-state index contributed by atoms with van der Waals surface area (Å²) in [5.74, 6) is 0. The molecule has 2 N–H and O–H groups in total. The monoisotopic (exact) mass is 379 g/mol. The highest BCUT2D eigenvalue weighted by atomic mass is 35.5. The van der Waals surface area contributed by atoms with Gasteiger partial charge in [-0.25, -0.2) is 0 Å². The molecule has 0 fully saturated rings. The average Bonchev–Trinajstić information content (AvgIpc) is 2.55. The van der Waals surface area contributed by atoms with Gasteiger partial charge in [-0.15, -0.1) is 0 Å². The van der Waals surface area contributed by atoms with Crippen molar-refractivity contribution in [1.29, 1.82) is 0 Å². The first-order valence-corrected chi connectivity index (χ1v) is 9.37. The Hall–Kier alpha value is -1.27. The molecule has 0 aliphatic carbocycles. The van der Waals surface area contributed by atoms with Gasteiger partial charge < -0.3 is 15.5 Å². The van der Waals surface area contributed by atoms with Gasteiger partial charge in [-0.3, -0.25) is 0 Å². The maximum absolute atomic E-state index is 5.94. The van der Waals surface area contributed by atoms with Crippen LogP contribution < -0.4 is 10.6 Å². The molecule has 0 heterocycles. The van der Waals surface area contributed by atoms with E-state index in [4.69, 9.17) is 23.8 Å². The van der Waals surface area contributed by atoms with Crippen molar-refractivity contribution >= 4 is 46.4 Å². The van der Waals surface area contributed by atoms with Gasteiger partial charge in [0, 0.05) is 21.4 Å². The van der Waals surface area contributed by atoms with E-state index in [1.54, 1.807) is 11.8 Å². The lowest BCUT2D eigenvalue weighted by Gasteiger charge is -2.15. The molecule has 0 aliphatic rings. The minimum atomic E-state index is 0.651. The summed E-state index contributed by atoms with van der Waals surface area (Å²) in [6.07, 6.45) is 1.05. The number of rotatable bonds is 7. The minimum absolute atomic E-state index is 0.651. The number of hydrogen-bond acceptors (Lipinski definition) is 3. The Balaban J connectivity index is 1.93. The summed E-state index contributed by atoms with van der Waals surface area (Å²) in [4.78, 5) is 4.42. The SMILES string of the molecule is CN(C)CCCNC(=S)Nc1ccccc1Sc1ccc(Cl)cc1. The van der Waals surface area contributed by atoms with Crippen molar-refractivity contribution in [3.05, 3.63) is 53.6 Å². The number of halogens is 1. The molecule has 0 radical (unpaired) electrons. The third kappa shape index (κ3) is 6.69. The molecular formula is C18H22ClN3S2. The van der Waals surface area contributed by atoms with E-state index in [0.717, 1.165) is 40.0 Å². The second kappa shape index (κ2) is 9.89. The number of anilines is 1. The first-order chi connectivity index (χ1) is 11.5. The molecule has 0 saturated heterocycles. The van der Waals surface area contributed by atoms with Crippen molar-refractivity contribution in [3.8, 4) is 0 Å². The van der Waals surface area contributed by atoms with Crippen LogP contribution in [-0.2, 0) is 0 Å². The summed E-state index contributed by atoms with van der Waals surface area (Å²) in [5.41, 5.74) is 1.00. The Labute approximate surface area is 158 Å². The lowest BCUT2D eigenvalue weighted by molar-refractivity contribution is 0.400. The number of benzene rings is 2. The van der Waals surface area contributed by atoms with E-state index in [0.29, 0.717) is 5.11 Å². The second-order valence-electron chi connectivity index (χ2n) is 5.59. The van der Waals surface area contributed by atoms with E-state index in [-0.39, 0.29) is 0 Å². The van der Waals surface area contributed by atoms with Gasteiger partial charge in [0.2, 0.25) is 0 Å². The Morgan fingerprint density at radius 1 is 1.12 bits per heavy atom. The van der Waals surface area contributed by atoms with Gasteiger partial charge in [0.05, 0.1) is 5.69 Å². The first-order valence-electron chi connectivity index (χ1n) is 7.76. The van der Waals surface area contributed by atoms with Crippen LogP contribution in [0.1, 0.15) is 6.42 Å². The maximum Gasteiger partial charge on any atom is 0.170 e. The molecule has 0 saturated carbocycles. The van der Waals surface area contributed by atoms with Crippen LogP contribution in [0.4, 0.5) is 5.69 Å². The van der Waals surface area contributed by atoms with Crippen molar-refractivity contribution < 1.29 is 0 Å². The zero-order valence-electron chi connectivity index (χ0n) is 13.9. The van der Waals surface area contributed by atoms with Crippen LogP contribution in [0.5, 0.6) is 0 Å². The molecule has 0 aromatic heterocycles. The van der Waals surface area contributed by atoms with Crippen molar-refractivity contribution in [3.63, 3.8) is 0 Å². The summed E-state index contributed by atoms with van der Waals surface area (Å²) in [6.45, 7) is 1.90. The first kappa shape index (κ1) is 19.1. The third-order valence-electron chi connectivity index (χ3n) is 3.24. The molecule has 2 aromatic carbocycles. The van der Waals surface area contributed by atoms with E-state index < -0.39 is 0 Å². The van der Waals surface area contributed by atoms with Crippen LogP contribution in [0.25, 0.3) is 0 Å². The Morgan fingerprint density at radius 2 is 1.83 bits per heavy atom. The average molecular weight is 380 g/mol. The highest BCUT2D eigenvalue weighted by Gasteiger charge is 2.06. The Morgan fingerprint density at radius 3 is 2.54 bits per heavy atom. The molecule has 2 aromatic rings. The van der Waals surface area contributed by atoms with Crippen LogP contribution in [-0.4, -0.2) is 37.2 Å². The topological polar surface area (TPSA) is 27.3 Å². The van der Waals surface area contributed by atoms with Crippen molar-refractivity contribution in [2.75, 3.05) is 32.5 Å². The van der Waals surface area contributed by atoms with Crippen LogP contribution >= 0.6 is 35.6 Å². The van der Waals surface area contributed by atoms with E-state index in [1.807, 2.05) is 42.5 Å². The standard InChI is InChI=1S/C18H22ClN3S2/c1-22(2)13-5-12-20-18(23)21-16-6-3-4-7-17(16)24-15-10-8-14(19)9-11-15/h3-4,6-11H,5,12-13H2,1-2H3,(H2,20,21,23). The summed E-state index contributed by atoms with van der Waals surface area (Å²) < 4.78 is 0. The highest BCUT2D eigenvalue weighted by molar-refractivity contribution is 7.99. The van der Waals surface area contributed by atoms with Crippen molar-refractivity contribution in [2.24, 2.45) is 0 Å². The predicted molar refractivity (Wildman–Crippen MR) is 109 cm³/mol. The largest absolute Gasteiger partial charge is 0.362 e. The fourth-order valence-electron chi connectivity index (χ4n) is 2.05. The molecule has 0 bridgehead atoms. The molecule has 24 heavy (non-hydrogen) atoms. The van der Waals surface area contributed by atoms with E-state index in [1.165, 1.54) is 0 Å². The third-order valence-corrected chi connectivity index (χ3v) is 4.83. The van der Waals surface area contributed by atoms with Crippen LogP contribution in [0.3, 0.4) is 0 Å².